The summed E-state index contributed by atoms with van der Waals surface area (Å²) in [6, 6.07) is 8.43. The quantitative estimate of drug-likeness (QED) is 0.821. The molecule has 142 valence electrons. The molecule has 0 aromatic heterocycles. The van der Waals surface area contributed by atoms with E-state index in [2.05, 4.69) is 29.4 Å². The van der Waals surface area contributed by atoms with Gasteiger partial charge in [0.25, 0.3) is 0 Å². The van der Waals surface area contributed by atoms with Gasteiger partial charge in [0, 0.05) is 49.5 Å². The number of anilines is 2. The van der Waals surface area contributed by atoms with Crippen LogP contribution in [0.1, 0.15) is 39.5 Å². The molecule has 3 amide bonds. The topological polar surface area (TPSA) is 64.7 Å². The minimum absolute atomic E-state index is 0.0255. The monoisotopic (exact) mass is 358 g/mol. The van der Waals surface area contributed by atoms with Crippen LogP contribution < -0.4 is 15.5 Å². The van der Waals surface area contributed by atoms with Crippen LogP contribution in [0.5, 0.6) is 0 Å². The molecule has 0 bridgehead atoms. The van der Waals surface area contributed by atoms with E-state index in [9.17, 15) is 9.59 Å². The van der Waals surface area contributed by atoms with Gasteiger partial charge in [0.1, 0.15) is 0 Å². The molecule has 3 rings (SSSR count). The zero-order valence-electron chi connectivity index (χ0n) is 15.8. The molecule has 26 heavy (non-hydrogen) atoms. The van der Waals surface area contributed by atoms with Crippen LogP contribution in [0.15, 0.2) is 24.3 Å². The summed E-state index contributed by atoms with van der Waals surface area (Å²) in [4.78, 5) is 28.7. The van der Waals surface area contributed by atoms with Crippen molar-refractivity contribution in [2.24, 2.45) is 5.92 Å². The Bertz CT molecular complexity index is 615. The number of likely N-dealkylation sites (tertiary alicyclic amines) is 1. The first-order chi connectivity index (χ1) is 12.6. The molecule has 0 spiro atoms. The largest absolute Gasteiger partial charge is 0.372 e. The molecule has 0 atom stereocenters. The Kier molecular flexibility index (Phi) is 6.01. The van der Waals surface area contributed by atoms with Gasteiger partial charge < -0.3 is 20.4 Å². The molecule has 1 aliphatic heterocycles. The van der Waals surface area contributed by atoms with Crippen molar-refractivity contribution in [1.29, 1.82) is 0 Å². The number of urea groups is 1. The lowest BCUT2D eigenvalue weighted by atomic mass is 9.96. The Hall–Kier alpha value is -2.24. The third-order valence-electron chi connectivity index (χ3n) is 5.32. The molecule has 6 heteroatoms. The van der Waals surface area contributed by atoms with Gasteiger partial charge in [-0.15, -0.1) is 0 Å². The minimum atomic E-state index is -0.0255. The van der Waals surface area contributed by atoms with E-state index in [1.165, 1.54) is 5.69 Å². The Labute approximate surface area is 155 Å². The number of hydrogen-bond acceptors (Lipinski definition) is 3. The van der Waals surface area contributed by atoms with Crippen molar-refractivity contribution < 1.29 is 9.59 Å². The smallest absolute Gasteiger partial charge is 0.317 e. The predicted octanol–water partition coefficient (Wildman–Crippen LogP) is 3.06. The van der Waals surface area contributed by atoms with Gasteiger partial charge in [0.2, 0.25) is 5.91 Å². The number of carbonyl (C=O) groups excluding carboxylic acids is 2. The molecule has 1 aliphatic carbocycles. The first-order valence-electron chi connectivity index (χ1n) is 9.82. The fourth-order valence-electron chi connectivity index (χ4n) is 3.43. The summed E-state index contributed by atoms with van der Waals surface area (Å²) >= 11 is 0. The van der Waals surface area contributed by atoms with Crippen molar-refractivity contribution in [3.8, 4) is 0 Å². The van der Waals surface area contributed by atoms with E-state index in [-0.39, 0.29) is 17.9 Å². The van der Waals surface area contributed by atoms with E-state index in [1.807, 2.05) is 29.2 Å². The summed E-state index contributed by atoms with van der Waals surface area (Å²) in [6.07, 6.45) is 3.64. The van der Waals surface area contributed by atoms with Gasteiger partial charge in [-0.05, 0) is 63.8 Å². The molecule has 1 aromatic rings. The summed E-state index contributed by atoms with van der Waals surface area (Å²) in [6.45, 7) is 7.51. The number of nitrogens with one attached hydrogen (secondary N) is 2. The second-order valence-corrected chi connectivity index (χ2v) is 7.19. The Balaban J connectivity index is 1.47. The molecule has 0 radical (unpaired) electrons. The van der Waals surface area contributed by atoms with Crippen LogP contribution in [-0.4, -0.2) is 49.1 Å². The van der Waals surface area contributed by atoms with Gasteiger partial charge in [-0.3, -0.25) is 4.79 Å². The highest BCUT2D eigenvalue weighted by Crippen LogP contribution is 2.23. The van der Waals surface area contributed by atoms with E-state index in [0.29, 0.717) is 19.1 Å². The van der Waals surface area contributed by atoms with Crippen molar-refractivity contribution in [2.75, 3.05) is 36.4 Å². The second kappa shape index (κ2) is 8.43. The minimum Gasteiger partial charge on any atom is -0.372 e. The average molecular weight is 358 g/mol. The van der Waals surface area contributed by atoms with E-state index in [1.54, 1.807) is 0 Å². The number of hydrogen-bond donors (Lipinski definition) is 2. The molecule has 6 nitrogen and oxygen atoms in total. The highest BCUT2D eigenvalue weighted by Gasteiger charge is 2.30. The first-order valence-corrected chi connectivity index (χ1v) is 9.82. The number of nitrogens with zero attached hydrogens (tertiary/aromatic N) is 2. The van der Waals surface area contributed by atoms with Crippen molar-refractivity contribution in [1.82, 2.24) is 10.2 Å². The van der Waals surface area contributed by atoms with Crippen LogP contribution in [0.2, 0.25) is 0 Å². The maximum atomic E-state index is 12.5. The van der Waals surface area contributed by atoms with Crippen LogP contribution in [0.4, 0.5) is 16.2 Å². The third-order valence-corrected chi connectivity index (χ3v) is 5.32. The Morgan fingerprint density at radius 2 is 1.65 bits per heavy atom. The first kappa shape index (κ1) is 18.5. The summed E-state index contributed by atoms with van der Waals surface area (Å²) in [5.74, 6) is 0.0327. The van der Waals surface area contributed by atoms with E-state index < -0.39 is 0 Å². The van der Waals surface area contributed by atoms with E-state index in [0.717, 1.165) is 44.5 Å². The normalized spacial score (nSPS) is 17.7. The fraction of sp³-hybridized carbons (Fsp3) is 0.600. The van der Waals surface area contributed by atoms with Crippen LogP contribution in [0.3, 0.4) is 0 Å². The fourth-order valence-corrected chi connectivity index (χ4v) is 3.43. The number of rotatable bonds is 6. The van der Waals surface area contributed by atoms with Gasteiger partial charge >= 0.3 is 6.03 Å². The van der Waals surface area contributed by atoms with Crippen LogP contribution in [-0.2, 0) is 4.79 Å². The molecule has 0 unspecified atom stereocenters. The predicted molar refractivity (Wildman–Crippen MR) is 104 cm³/mol. The van der Waals surface area contributed by atoms with E-state index in [4.69, 9.17) is 0 Å². The lowest BCUT2D eigenvalue weighted by Gasteiger charge is -2.31. The molecule has 2 fully saturated rings. The van der Waals surface area contributed by atoms with Crippen LogP contribution in [0.25, 0.3) is 0 Å². The Morgan fingerprint density at radius 3 is 2.19 bits per heavy atom. The SMILES string of the molecule is CCN(CC)c1ccc(NC(=O)C2CCN(C(=O)NC3CC3)CC2)cc1. The van der Waals surface area contributed by atoms with Gasteiger partial charge in [0.15, 0.2) is 0 Å². The highest BCUT2D eigenvalue weighted by atomic mass is 16.2. The maximum absolute atomic E-state index is 12.5. The average Bonchev–Trinajstić information content (AvgIpc) is 3.48. The summed E-state index contributed by atoms with van der Waals surface area (Å²) < 4.78 is 0. The summed E-state index contributed by atoms with van der Waals surface area (Å²) in [5, 5.41) is 6.04. The van der Waals surface area contributed by atoms with Crippen LogP contribution >= 0.6 is 0 Å². The molecular formula is C20H30N4O2. The van der Waals surface area contributed by atoms with Gasteiger partial charge in [0.05, 0.1) is 0 Å². The van der Waals surface area contributed by atoms with Crippen LogP contribution in [0, 0.1) is 5.92 Å². The summed E-state index contributed by atoms with van der Waals surface area (Å²) in [5.41, 5.74) is 2.00. The zero-order valence-corrected chi connectivity index (χ0v) is 15.8. The summed E-state index contributed by atoms with van der Waals surface area (Å²) in [7, 11) is 0. The lowest BCUT2D eigenvalue weighted by Crippen LogP contribution is -2.46. The zero-order chi connectivity index (χ0) is 18.5. The third kappa shape index (κ3) is 4.68. The lowest BCUT2D eigenvalue weighted by molar-refractivity contribution is -0.121. The second-order valence-electron chi connectivity index (χ2n) is 7.19. The standard InChI is InChI=1S/C20H30N4O2/c1-3-23(4-2)18-9-7-16(8-10-18)21-19(25)15-11-13-24(14-12-15)20(26)22-17-5-6-17/h7-10,15,17H,3-6,11-14H2,1-2H3,(H,21,25)(H,22,26). The Morgan fingerprint density at radius 1 is 1.04 bits per heavy atom. The number of piperidine rings is 1. The highest BCUT2D eigenvalue weighted by molar-refractivity contribution is 5.93. The molecule has 2 N–H and O–H groups in total. The molecule has 1 heterocycles. The molecule has 1 aromatic carbocycles. The maximum Gasteiger partial charge on any atom is 0.317 e. The molecule has 1 saturated carbocycles. The van der Waals surface area contributed by atoms with Crippen molar-refractivity contribution in [2.45, 2.75) is 45.6 Å². The van der Waals surface area contributed by atoms with Gasteiger partial charge in [-0.25, -0.2) is 4.79 Å². The molecule has 2 aliphatic rings. The van der Waals surface area contributed by atoms with Crippen molar-refractivity contribution >= 4 is 23.3 Å². The van der Waals surface area contributed by atoms with Crippen molar-refractivity contribution in [3.05, 3.63) is 24.3 Å². The van der Waals surface area contributed by atoms with E-state index >= 15 is 0 Å². The van der Waals surface area contributed by atoms with Gasteiger partial charge in [-0.2, -0.15) is 0 Å². The number of carbonyl (C=O) groups is 2. The molecule has 1 saturated heterocycles. The molecular weight excluding hydrogens is 328 g/mol. The van der Waals surface area contributed by atoms with Crippen molar-refractivity contribution in [3.63, 3.8) is 0 Å². The van der Waals surface area contributed by atoms with Gasteiger partial charge in [-0.1, -0.05) is 0 Å². The number of benzene rings is 1. The number of amides is 3.